The van der Waals surface area contributed by atoms with Crippen LogP contribution in [0.2, 0.25) is 0 Å². The van der Waals surface area contributed by atoms with Gasteiger partial charge in [0.25, 0.3) is 0 Å². The summed E-state index contributed by atoms with van der Waals surface area (Å²) in [5.74, 6) is -0.834. The van der Waals surface area contributed by atoms with E-state index in [0.29, 0.717) is 37.7 Å². The number of aliphatic hydroxyl groups is 10. The monoisotopic (exact) mass is 912 g/mol. The third-order valence-corrected chi connectivity index (χ3v) is 16.0. The molecule has 23 atom stereocenters. The third kappa shape index (κ3) is 8.11. The van der Waals surface area contributed by atoms with Gasteiger partial charge in [-0.25, -0.2) is 4.79 Å². The van der Waals surface area contributed by atoms with Crippen LogP contribution in [-0.2, 0) is 38.0 Å². The molecule has 23 unspecified atom stereocenters. The van der Waals surface area contributed by atoms with Crippen LogP contribution in [-0.4, -0.2) is 180 Å². The smallest absolute Gasteiger partial charge is 0.335 e. The van der Waals surface area contributed by atoms with Gasteiger partial charge in [-0.15, -0.1) is 0 Å². The third-order valence-electron chi connectivity index (χ3n) is 16.0. The molecule has 64 heavy (non-hydrogen) atoms. The van der Waals surface area contributed by atoms with E-state index in [4.69, 9.17) is 37.6 Å². The Balaban J connectivity index is 0.908. The number of hydrogen-bond donors (Lipinski definition) is 10. The molecule has 360 valence electrons. The predicted octanol–water partition coefficient (Wildman–Crippen LogP) is -1.80. The quantitative estimate of drug-likeness (QED) is 0.0915. The SMILES string of the molecule is CC(=O)OC1CC2(O)C3CCC4=CC(OC5OC(C)C(OC6OC(CO)C(OC7OC(CO)C(O)C(O)C7O)C(O)C6O)C(O)C5O)CCC4(C)C3CCC2(C)C1c1ccc(=O)oc1. The largest absolute Gasteiger partial charge is 0.462 e. The van der Waals surface area contributed by atoms with E-state index in [1.807, 2.05) is 0 Å². The van der Waals surface area contributed by atoms with Crippen molar-refractivity contribution in [3.63, 3.8) is 0 Å². The Labute approximate surface area is 369 Å². The van der Waals surface area contributed by atoms with Crippen LogP contribution in [0.4, 0.5) is 0 Å². The van der Waals surface area contributed by atoms with Gasteiger partial charge in [0, 0.05) is 30.7 Å². The highest BCUT2D eigenvalue weighted by Crippen LogP contribution is 2.70. The van der Waals surface area contributed by atoms with E-state index < -0.39 is 140 Å². The second-order valence-electron chi connectivity index (χ2n) is 19.5. The standard InChI is InChI=1S/C44H64O20/c1-18-37(63-41-36(55)33(52)38(27(16-46)62-41)64-40-34(53)31(50)30(49)26(15-45)61-40)32(51)35(54)39(58-18)60-22-9-11-42(3)21(13-22)6-7-24-23(42)10-12-43(4)29(20-5-8-28(48)57-17-20)25(59-19(2)47)14-44(24,43)56/h5,8,13,17-18,22-27,29-41,45-46,49-56H,6-7,9-12,14-16H2,1-4H3. The molecular formula is C44H64O20. The summed E-state index contributed by atoms with van der Waals surface area (Å²) < 4.78 is 46.1. The fourth-order valence-electron chi connectivity index (χ4n) is 12.5. The zero-order valence-corrected chi connectivity index (χ0v) is 36.3. The van der Waals surface area contributed by atoms with Crippen LogP contribution in [0.25, 0.3) is 0 Å². The summed E-state index contributed by atoms with van der Waals surface area (Å²) in [5.41, 5.74) is -0.753. The van der Waals surface area contributed by atoms with Crippen molar-refractivity contribution in [3.05, 3.63) is 46.0 Å². The molecule has 1 aromatic heterocycles. The van der Waals surface area contributed by atoms with Crippen LogP contribution in [0, 0.1) is 22.7 Å². The lowest BCUT2D eigenvalue weighted by molar-refractivity contribution is -0.378. The average molecular weight is 913 g/mol. The molecule has 8 rings (SSSR count). The van der Waals surface area contributed by atoms with Gasteiger partial charge in [-0.05, 0) is 74.3 Å². The van der Waals surface area contributed by atoms with Gasteiger partial charge in [0.05, 0.1) is 37.3 Å². The minimum atomic E-state index is -1.88. The van der Waals surface area contributed by atoms with Crippen LogP contribution in [0.5, 0.6) is 0 Å². The molecule has 3 saturated heterocycles. The van der Waals surface area contributed by atoms with E-state index in [9.17, 15) is 60.7 Å². The molecule has 1 aromatic rings. The first kappa shape index (κ1) is 48.0. The summed E-state index contributed by atoms with van der Waals surface area (Å²) in [5, 5.41) is 108. The van der Waals surface area contributed by atoms with Crippen molar-refractivity contribution in [1.82, 2.24) is 0 Å². The molecule has 20 heteroatoms. The Hall–Kier alpha value is -2.48. The van der Waals surface area contributed by atoms with Crippen LogP contribution in [0.15, 0.2) is 39.3 Å². The maximum absolute atomic E-state index is 12.9. The topological polar surface area (TPSA) is 314 Å². The maximum Gasteiger partial charge on any atom is 0.335 e. The molecule has 0 bridgehead atoms. The molecule has 3 saturated carbocycles. The number of fused-ring (bicyclic) bond motifs is 5. The second-order valence-corrected chi connectivity index (χ2v) is 19.5. The van der Waals surface area contributed by atoms with Crippen LogP contribution in [0.1, 0.15) is 84.1 Å². The Morgan fingerprint density at radius 1 is 0.750 bits per heavy atom. The van der Waals surface area contributed by atoms with E-state index in [1.165, 1.54) is 24.8 Å². The van der Waals surface area contributed by atoms with Crippen LogP contribution >= 0.6 is 0 Å². The van der Waals surface area contributed by atoms with Gasteiger partial charge in [0.2, 0.25) is 0 Å². The highest BCUT2D eigenvalue weighted by Gasteiger charge is 2.70. The molecule has 20 nitrogen and oxygen atoms in total. The molecule has 10 N–H and O–H groups in total. The van der Waals surface area contributed by atoms with E-state index in [2.05, 4.69) is 19.9 Å². The fraction of sp³-hybridized carbons (Fsp3) is 0.818. The van der Waals surface area contributed by atoms with Crippen molar-refractivity contribution in [2.24, 2.45) is 22.7 Å². The summed E-state index contributed by atoms with van der Waals surface area (Å²) in [6.45, 7) is 5.66. The van der Waals surface area contributed by atoms with Crippen molar-refractivity contribution >= 4 is 5.97 Å². The number of carbonyl (C=O) groups is 1. The lowest BCUT2D eigenvalue weighted by Crippen LogP contribution is -2.66. The molecule has 0 aromatic carbocycles. The van der Waals surface area contributed by atoms with Gasteiger partial charge in [-0.1, -0.05) is 25.5 Å². The van der Waals surface area contributed by atoms with E-state index in [-0.39, 0.29) is 29.6 Å². The number of aliphatic hydroxyl groups excluding tert-OH is 9. The van der Waals surface area contributed by atoms with Crippen LogP contribution in [0.3, 0.4) is 0 Å². The molecule has 4 aliphatic carbocycles. The highest BCUT2D eigenvalue weighted by atomic mass is 16.8. The van der Waals surface area contributed by atoms with Crippen molar-refractivity contribution < 1.29 is 93.4 Å². The summed E-state index contributed by atoms with van der Waals surface area (Å²) >= 11 is 0. The molecular weight excluding hydrogens is 848 g/mol. The van der Waals surface area contributed by atoms with Crippen molar-refractivity contribution in [3.8, 4) is 0 Å². The predicted molar refractivity (Wildman–Crippen MR) is 214 cm³/mol. The lowest BCUT2D eigenvalue weighted by Gasteiger charge is -2.61. The van der Waals surface area contributed by atoms with E-state index in [1.54, 1.807) is 13.0 Å². The summed E-state index contributed by atoms with van der Waals surface area (Å²) in [4.78, 5) is 24.2. The maximum atomic E-state index is 12.9. The zero-order valence-electron chi connectivity index (χ0n) is 36.3. The summed E-state index contributed by atoms with van der Waals surface area (Å²) in [6.07, 6.45) is -16.9. The molecule has 6 fully saturated rings. The number of esters is 1. The zero-order chi connectivity index (χ0) is 46.2. The normalized spacial score (nSPS) is 50.4. The van der Waals surface area contributed by atoms with Gasteiger partial charge in [0.1, 0.15) is 73.2 Å². The Kier molecular flexibility index (Phi) is 13.7. The van der Waals surface area contributed by atoms with Gasteiger partial charge in [-0.3, -0.25) is 4.79 Å². The molecule has 0 spiro atoms. The minimum Gasteiger partial charge on any atom is -0.462 e. The molecule has 0 amide bonds. The highest BCUT2D eigenvalue weighted by molar-refractivity contribution is 5.66. The van der Waals surface area contributed by atoms with Gasteiger partial charge in [0.15, 0.2) is 18.9 Å². The van der Waals surface area contributed by atoms with Crippen molar-refractivity contribution in [2.75, 3.05) is 13.2 Å². The summed E-state index contributed by atoms with van der Waals surface area (Å²) in [6, 6.07) is 3.04. The summed E-state index contributed by atoms with van der Waals surface area (Å²) in [7, 11) is 0. The Morgan fingerprint density at radius 3 is 2.02 bits per heavy atom. The number of allylic oxidation sites excluding steroid dienone is 1. The molecule has 4 heterocycles. The number of carbonyl (C=O) groups excluding carboxylic acids is 1. The van der Waals surface area contributed by atoms with E-state index >= 15 is 0 Å². The number of rotatable bonds is 10. The number of hydrogen-bond acceptors (Lipinski definition) is 20. The fourth-order valence-corrected chi connectivity index (χ4v) is 12.5. The van der Waals surface area contributed by atoms with Gasteiger partial charge in [-0.2, -0.15) is 0 Å². The van der Waals surface area contributed by atoms with Crippen LogP contribution < -0.4 is 5.63 Å². The van der Waals surface area contributed by atoms with Crippen molar-refractivity contribution in [2.45, 2.75) is 188 Å². The second kappa shape index (κ2) is 18.2. The first-order chi connectivity index (χ1) is 30.3. The van der Waals surface area contributed by atoms with Gasteiger partial charge < -0.3 is 88.6 Å². The Bertz CT molecular complexity index is 1890. The van der Waals surface area contributed by atoms with Crippen molar-refractivity contribution in [1.29, 1.82) is 0 Å². The molecule has 3 aliphatic heterocycles. The Morgan fingerprint density at radius 2 is 1.38 bits per heavy atom. The average Bonchev–Trinajstić information content (AvgIpc) is 3.49. The van der Waals surface area contributed by atoms with Gasteiger partial charge >= 0.3 is 11.6 Å². The molecule has 0 radical (unpaired) electrons. The first-order valence-corrected chi connectivity index (χ1v) is 22.4. The first-order valence-electron chi connectivity index (χ1n) is 22.4. The van der Waals surface area contributed by atoms with E-state index in [0.717, 1.165) is 6.42 Å². The minimum absolute atomic E-state index is 0.101. The molecule has 7 aliphatic rings. The lowest BCUT2D eigenvalue weighted by atomic mass is 9.45. The number of ether oxygens (including phenoxy) is 7.